The maximum atomic E-state index is 12.3. The number of anilines is 1. The fourth-order valence-electron chi connectivity index (χ4n) is 2.52. The second-order valence-corrected chi connectivity index (χ2v) is 7.06. The number of hydrogen-bond donors (Lipinski definition) is 1. The minimum absolute atomic E-state index is 0.0436. The number of benzene rings is 3. The Labute approximate surface area is 152 Å². The molecular formula is C21H21NO2S. The van der Waals surface area contributed by atoms with Gasteiger partial charge in [0.2, 0.25) is 5.91 Å². The predicted molar refractivity (Wildman–Crippen MR) is 106 cm³/mol. The average Bonchev–Trinajstić information content (AvgIpc) is 2.61. The van der Waals surface area contributed by atoms with Gasteiger partial charge in [0.1, 0.15) is 5.75 Å². The first-order valence-corrected chi connectivity index (χ1v) is 9.27. The summed E-state index contributed by atoms with van der Waals surface area (Å²) >= 11 is 1.53. The molecule has 0 heterocycles. The Hall–Kier alpha value is -2.46. The lowest BCUT2D eigenvalue weighted by Crippen LogP contribution is -2.16. The molecule has 0 aromatic heterocycles. The van der Waals surface area contributed by atoms with Crippen molar-refractivity contribution >= 4 is 34.1 Å². The van der Waals surface area contributed by atoms with E-state index in [1.165, 1.54) is 22.5 Å². The molecule has 3 nitrogen and oxygen atoms in total. The molecule has 3 rings (SSSR count). The standard InChI is InChI=1S/C21H21NO2S/c1-15(2)24-20-10-6-5-9-19(20)22-21(23)14-25-18-12-11-16-7-3-4-8-17(16)13-18/h3-13,15H,14H2,1-2H3,(H,22,23). The van der Waals surface area contributed by atoms with Crippen LogP contribution in [0.3, 0.4) is 0 Å². The normalized spacial score (nSPS) is 10.8. The highest BCUT2D eigenvalue weighted by molar-refractivity contribution is 8.00. The molecule has 4 heteroatoms. The number of carbonyl (C=O) groups excluding carboxylic acids is 1. The van der Waals surface area contributed by atoms with Crippen molar-refractivity contribution in [3.05, 3.63) is 66.7 Å². The number of amides is 1. The fourth-order valence-corrected chi connectivity index (χ4v) is 3.26. The van der Waals surface area contributed by atoms with Gasteiger partial charge < -0.3 is 10.1 Å². The van der Waals surface area contributed by atoms with Crippen LogP contribution >= 0.6 is 11.8 Å². The number of para-hydroxylation sites is 2. The summed E-state index contributed by atoms with van der Waals surface area (Å²) < 4.78 is 5.74. The zero-order chi connectivity index (χ0) is 17.6. The van der Waals surface area contributed by atoms with E-state index < -0.39 is 0 Å². The molecule has 1 N–H and O–H groups in total. The highest BCUT2D eigenvalue weighted by atomic mass is 32.2. The molecule has 0 radical (unpaired) electrons. The van der Waals surface area contributed by atoms with E-state index in [2.05, 4.69) is 35.6 Å². The number of nitrogens with one attached hydrogen (secondary N) is 1. The third-order valence-electron chi connectivity index (χ3n) is 3.61. The first-order valence-electron chi connectivity index (χ1n) is 8.29. The van der Waals surface area contributed by atoms with Crippen LogP contribution in [0.2, 0.25) is 0 Å². The van der Waals surface area contributed by atoms with Crippen LogP contribution in [-0.4, -0.2) is 17.8 Å². The third-order valence-corrected chi connectivity index (χ3v) is 4.61. The summed E-state index contributed by atoms with van der Waals surface area (Å²) in [5.74, 6) is 1.01. The van der Waals surface area contributed by atoms with Crippen LogP contribution in [-0.2, 0) is 4.79 Å². The first kappa shape index (κ1) is 17.4. The van der Waals surface area contributed by atoms with Crippen LogP contribution in [0.5, 0.6) is 5.75 Å². The number of rotatable bonds is 6. The van der Waals surface area contributed by atoms with Crippen LogP contribution in [0.15, 0.2) is 71.6 Å². The van der Waals surface area contributed by atoms with E-state index in [0.29, 0.717) is 17.2 Å². The molecule has 0 saturated carbocycles. The summed E-state index contributed by atoms with van der Waals surface area (Å²) in [5.41, 5.74) is 0.709. The van der Waals surface area contributed by atoms with E-state index in [1.54, 1.807) is 0 Å². The Kier molecular flexibility index (Phi) is 5.61. The van der Waals surface area contributed by atoms with E-state index in [1.807, 2.05) is 50.2 Å². The molecule has 0 aliphatic carbocycles. The van der Waals surface area contributed by atoms with Gasteiger partial charge >= 0.3 is 0 Å². The second-order valence-electron chi connectivity index (χ2n) is 6.01. The van der Waals surface area contributed by atoms with E-state index in [-0.39, 0.29) is 12.0 Å². The molecule has 0 fully saturated rings. The van der Waals surface area contributed by atoms with E-state index in [4.69, 9.17) is 4.74 Å². The van der Waals surface area contributed by atoms with Crippen molar-refractivity contribution in [2.45, 2.75) is 24.8 Å². The van der Waals surface area contributed by atoms with Crippen molar-refractivity contribution < 1.29 is 9.53 Å². The third kappa shape index (κ3) is 4.77. The molecular weight excluding hydrogens is 330 g/mol. The van der Waals surface area contributed by atoms with Crippen molar-refractivity contribution in [3.63, 3.8) is 0 Å². The highest BCUT2D eigenvalue weighted by Gasteiger charge is 2.09. The van der Waals surface area contributed by atoms with Gasteiger partial charge in [-0.15, -0.1) is 11.8 Å². The molecule has 0 atom stereocenters. The Balaban J connectivity index is 1.63. The molecule has 0 aliphatic heterocycles. The summed E-state index contributed by atoms with van der Waals surface area (Å²) in [5, 5.41) is 5.33. The molecule has 0 bridgehead atoms. The van der Waals surface area contributed by atoms with Crippen LogP contribution in [0.25, 0.3) is 10.8 Å². The lowest BCUT2D eigenvalue weighted by molar-refractivity contribution is -0.113. The number of thioether (sulfide) groups is 1. The van der Waals surface area contributed by atoms with Gasteiger partial charge in [0.25, 0.3) is 0 Å². The molecule has 0 unspecified atom stereocenters. The van der Waals surface area contributed by atoms with Gasteiger partial charge in [-0.3, -0.25) is 4.79 Å². The van der Waals surface area contributed by atoms with E-state index in [9.17, 15) is 4.79 Å². The van der Waals surface area contributed by atoms with E-state index >= 15 is 0 Å². The smallest absolute Gasteiger partial charge is 0.234 e. The molecule has 0 aliphatic rings. The number of hydrogen-bond acceptors (Lipinski definition) is 3. The zero-order valence-electron chi connectivity index (χ0n) is 14.4. The SMILES string of the molecule is CC(C)Oc1ccccc1NC(=O)CSc1ccc2ccccc2c1. The Morgan fingerprint density at radius 3 is 2.52 bits per heavy atom. The summed E-state index contributed by atoms with van der Waals surface area (Å²) in [6.07, 6.45) is 0.0602. The predicted octanol–water partition coefficient (Wildman–Crippen LogP) is 5.36. The molecule has 0 spiro atoms. The van der Waals surface area contributed by atoms with Gasteiger partial charge in [0.15, 0.2) is 0 Å². The topological polar surface area (TPSA) is 38.3 Å². The molecule has 1 amide bonds. The van der Waals surface area contributed by atoms with Gasteiger partial charge in [0.05, 0.1) is 17.5 Å². The Morgan fingerprint density at radius 2 is 1.72 bits per heavy atom. The summed E-state index contributed by atoms with van der Waals surface area (Å²) in [7, 11) is 0. The quantitative estimate of drug-likeness (QED) is 0.608. The average molecular weight is 351 g/mol. The van der Waals surface area contributed by atoms with Gasteiger partial charge in [-0.05, 0) is 48.9 Å². The summed E-state index contributed by atoms with van der Waals surface area (Å²) in [6, 6.07) is 22.0. The van der Waals surface area contributed by atoms with Crippen molar-refractivity contribution in [3.8, 4) is 5.75 Å². The highest BCUT2D eigenvalue weighted by Crippen LogP contribution is 2.26. The Morgan fingerprint density at radius 1 is 1.00 bits per heavy atom. The Bertz CT molecular complexity index is 876. The van der Waals surface area contributed by atoms with Crippen molar-refractivity contribution in [2.75, 3.05) is 11.1 Å². The minimum Gasteiger partial charge on any atom is -0.489 e. The van der Waals surface area contributed by atoms with Gasteiger partial charge in [-0.2, -0.15) is 0 Å². The summed E-state index contributed by atoms with van der Waals surface area (Å²) in [4.78, 5) is 13.4. The second kappa shape index (κ2) is 8.08. The summed E-state index contributed by atoms with van der Waals surface area (Å²) in [6.45, 7) is 3.93. The first-order chi connectivity index (χ1) is 12.1. The number of fused-ring (bicyclic) bond motifs is 1. The van der Waals surface area contributed by atoms with Crippen LogP contribution in [0.1, 0.15) is 13.8 Å². The van der Waals surface area contributed by atoms with Gasteiger partial charge in [-0.25, -0.2) is 0 Å². The van der Waals surface area contributed by atoms with Gasteiger partial charge in [-0.1, -0.05) is 42.5 Å². The largest absolute Gasteiger partial charge is 0.489 e. The van der Waals surface area contributed by atoms with Crippen molar-refractivity contribution in [1.29, 1.82) is 0 Å². The zero-order valence-corrected chi connectivity index (χ0v) is 15.2. The molecule has 0 saturated heterocycles. The van der Waals surface area contributed by atoms with Gasteiger partial charge in [0, 0.05) is 4.90 Å². The maximum absolute atomic E-state index is 12.3. The van der Waals surface area contributed by atoms with Crippen molar-refractivity contribution in [2.24, 2.45) is 0 Å². The lowest BCUT2D eigenvalue weighted by atomic mass is 10.1. The minimum atomic E-state index is -0.0436. The van der Waals surface area contributed by atoms with E-state index in [0.717, 1.165) is 4.90 Å². The number of ether oxygens (including phenoxy) is 1. The fraction of sp³-hybridized carbons (Fsp3) is 0.190. The van der Waals surface area contributed by atoms with Crippen molar-refractivity contribution in [1.82, 2.24) is 0 Å². The van der Waals surface area contributed by atoms with Crippen LogP contribution in [0, 0.1) is 0 Å². The van der Waals surface area contributed by atoms with Crippen LogP contribution in [0.4, 0.5) is 5.69 Å². The maximum Gasteiger partial charge on any atom is 0.234 e. The number of carbonyl (C=O) groups is 1. The van der Waals surface area contributed by atoms with Crippen LogP contribution < -0.4 is 10.1 Å². The monoisotopic (exact) mass is 351 g/mol. The molecule has 3 aromatic rings. The molecule has 3 aromatic carbocycles. The lowest BCUT2D eigenvalue weighted by Gasteiger charge is -2.14. The molecule has 25 heavy (non-hydrogen) atoms. The molecule has 128 valence electrons.